The minimum atomic E-state index is -0.958. The third-order valence-corrected chi connectivity index (χ3v) is 3.20. The van der Waals surface area contributed by atoms with Crippen LogP contribution in [0.3, 0.4) is 0 Å². The molecule has 0 unspecified atom stereocenters. The Kier molecular flexibility index (Phi) is 5.05. The first-order valence-corrected chi connectivity index (χ1v) is 6.53. The second-order valence-electron chi connectivity index (χ2n) is 4.89. The van der Waals surface area contributed by atoms with E-state index in [2.05, 4.69) is 10.9 Å². The summed E-state index contributed by atoms with van der Waals surface area (Å²) in [5.74, 6) is -1.77. The summed E-state index contributed by atoms with van der Waals surface area (Å²) in [5.41, 5.74) is 3.90. The molecule has 1 aromatic rings. The molecule has 1 rings (SSSR count). The number of carbonyl (C=O) groups excluding carboxylic acids is 2. The fourth-order valence-electron chi connectivity index (χ4n) is 1.55. The first-order valence-electron chi connectivity index (χ1n) is 5.65. The fraction of sp³-hybridized carbons (Fsp3) is 0.417. The third-order valence-electron chi connectivity index (χ3n) is 2.33. The van der Waals surface area contributed by atoms with Gasteiger partial charge in [-0.25, -0.2) is 0 Å². The quantitative estimate of drug-likeness (QED) is 0.712. The molecule has 0 saturated carbocycles. The summed E-state index contributed by atoms with van der Waals surface area (Å²) >= 11 is 1.26. The number of thiophene rings is 1. The van der Waals surface area contributed by atoms with Gasteiger partial charge in [0.2, 0.25) is 5.91 Å². The molecule has 7 heteroatoms. The van der Waals surface area contributed by atoms with Crippen LogP contribution in [0.25, 0.3) is 0 Å². The van der Waals surface area contributed by atoms with Crippen LogP contribution in [0.5, 0.6) is 0 Å². The van der Waals surface area contributed by atoms with E-state index in [1.807, 2.05) is 0 Å². The van der Waals surface area contributed by atoms with E-state index < -0.39 is 17.3 Å². The van der Waals surface area contributed by atoms with Crippen LogP contribution in [0.1, 0.15) is 36.4 Å². The van der Waals surface area contributed by atoms with Crippen molar-refractivity contribution in [3.63, 3.8) is 0 Å². The summed E-state index contributed by atoms with van der Waals surface area (Å²) in [7, 11) is 0. The van der Waals surface area contributed by atoms with Gasteiger partial charge in [-0.2, -0.15) is 0 Å². The van der Waals surface area contributed by atoms with Crippen LogP contribution >= 0.6 is 11.3 Å². The lowest BCUT2D eigenvalue weighted by atomic mass is 9.85. The minimum absolute atomic E-state index is 0.0179. The number of amides is 2. The summed E-state index contributed by atoms with van der Waals surface area (Å²) < 4.78 is 0. The Morgan fingerprint density at radius 3 is 2.47 bits per heavy atom. The predicted octanol–water partition coefficient (Wildman–Crippen LogP) is 1.40. The molecule has 1 aromatic heterocycles. The molecule has 0 bridgehead atoms. The van der Waals surface area contributed by atoms with E-state index in [-0.39, 0.29) is 18.7 Å². The Morgan fingerprint density at radius 2 is 1.95 bits per heavy atom. The van der Waals surface area contributed by atoms with E-state index in [0.29, 0.717) is 4.88 Å². The molecule has 6 nitrogen and oxygen atoms in total. The number of carboxylic acids is 1. The summed E-state index contributed by atoms with van der Waals surface area (Å²) in [6, 6.07) is 3.37. The summed E-state index contributed by atoms with van der Waals surface area (Å²) in [4.78, 5) is 34.3. The Hall–Kier alpha value is -1.89. The van der Waals surface area contributed by atoms with Crippen molar-refractivity contribution < 1.29 is 19.5 Å². The van der Waals surface area contributed by atoms with Gasteiger partial charge in [-0.1, -0.05) is 19.9 Å². The highest BCUT2D eigenvalue weighted by Gasteiger charge is 2.25. The molecule has 19 heavy (non-hydrogen) atoms. The van der Waals surface area contributed by atoms with Crippen molar-refractivity contribution in [3.05, 3.63) is 22.4 Å². The lowest BCUT2D eigenvalue weighted by Crippen LogP contribution is -2.43. The zero-order valence-electron chi connectivity index (χ0n) is 10.7. The molecular formula is C12H16N2O4S. The highest BCUT2D eigenvalue weighted by molar-refractivity contribution is 7.12. The van der Waals surface area contributed by atoms with E-state index in [0.717, 1.165) is 0 Å². The lowest BCUT2D eigenvalue weighted by Gasteiger charge is -2.21. The Morgan fingerprint density at radius 1 is 1.26 bits per heavy atom. The van der Waals surface area contributed by atoms with E-state index in [9.17, 15) is 14.4 Å². The maximum Gasteiger partial charge on any atom is 0.303 e. The second-order valence-corrected chi connectivity index (χ2v) is 5.84. The number of hydrazine groups is 1. The highest BCUT2D eigenvalue weighted by atomic mass is 32.1. The van der Waals surface area contributed by atoms with Crippen LogP contribution in [0, 0.1) is 5.41 Å². The van der Waals surface area contributed by atoms with E-state index in [1.165, 1.54) is 11.3 Å². The minimum Gasteiger partial charge on any atom is -0.481 e. The van der Waals surface area contributed by atoms with Crippen molar-refractivity contribution in [3.8, 4) is 0 Å². The lowest BCUT2D eigenvalue weighted by molar-refractivity contribution is -0.139. The zero-order valence-corrected chi connectivity index (χ0v) is 11.5. The molecule has 1 heterocycles. The van der Waals surface area contributed by atoms with Gasteiger partial charge in [0.05, 0.1) is 11.3 Å². The van der Waals surface area contributed by atoms with Crippen molar-refractivity contribution >= 4 is 29.1 Å². The van der Waals surface area contributed by atoms with Crippen LogP contribution in [-0.4, -0.2) is 22.9 Å². The molecular weight excluding hydrogens is 268 g/mol. The Balaban J connectivity index is 2.40. The van der Waals surface area contributed by atoms with E-state index in [1.54, 1.807) is 31.4 Å². The molecule has 0 atom stereocenters. The maximum absolute atomic E-state index is 11.6. The van der Waals surface area contributed by atoms with Crippen molar-refractivity contribution in [2.45, 2.75) is 26.7 Å². The molecule has 2 amide bonds. The fourth-order valence-corrected chi connectivity index (χ4v) is 2.17. The SMILES string of the molecule is CC(C)(CC(=O)O)CC(=O)NNC(=O)c1cccs1. The van der Waals surface area contributed by atoms with Gasteiger partial charge >= 0.3 is 5.97 Å². The van der Waals surface area contributed by atoms with Crippen LogP contribution < -0.4 is 10.9 Å². The second kappa shape index (κ2) is 6.33. The standard InChI is InChI=1S/C12H16N2O4S/c1-12(2,7-10(16)17)6-9(15)13-14-11(18)8-4-3-5-19-8/h3-5H,6-7H2,1-2H3,(H,13,15)(H,14,18)(H,16,17). The van der Waals surface area contributed by atoms with Crippen molar-refractivity contribution in [1.82, 2.24) is 10.9 Å². The van der Waals surface area contributed by atoms with Crippen molar-refractivity contribution in [2.24, 2.45) is 5.41 Å². The molecule has 0 radical (unpaired) electrons. The number of hydrogen-bond donors (Lipinski definition) is 3. The van der Waals surface area contributed by atoms with Gasteiger partial charge in [-0.15, -0.1) is 11.3 Å². The Labute approximate surface area is 114 Å². The van der Waals surface area contributed by atoms with E-state index in [4.69, 9.17) is 5.11 Å². The molecule has 0 aromatic carbocycles. The first-order chi connectivity index (χ1) is 8.80. The predicted molar refractivity (Wildman–Crippen MR) is 70.6 cm³/mol. The molecule has 0 aliphatic heterocycles. The molecule has 0 spiro atoms. The highest BCUT2D eigenvalue weighted by Crippen LogP contribution is 2.24. The van der Waals surface area contributed by atoms with Gasteiger partial charge in [0, 0.05) is 6.42 Å². The molecule has 0 saturated heterocycles. The third kappa shape index (κ3) is 5.52. The van der Waals surface area contributed by atoms with Gasteiger partial charge < -0.3 is 5.11 Å². The number of carboxylic acid groups (broad SMARTS) is 1. The maximum atomic E-state index is 11.6. The molecule has 0 aliphatic carbocycles. The van der Waals surface area contributed by atoms with Crippen molar-refractivity contribution in [2.75, 3.05) is 0 Å². The average molecular weight is 284 g/mol. The molecule has 0 fully saturated rings. The van der Waals surface area contributed by atoms with Gasteiger partial charge in [0.25, 0.3) is 5.91 Å². The Bertz CT molecular complexity index is 468. The van der Waals surface area contributed by atoms with Gasteiger partial charge in [-0.3, -0.25) is 25.2 Å². The molecule has 3 N–H and O–H groups in total. The van der Waals surface area contributed by atoms with Gasteiger partial charge in [-0.05, 0) is 16.9 Å². The number of rotatable bonds is 5. The van der Waals surface area contributed by atoms with Gasteiger partial charge in [0.1, 0.15) is 0 Å². The topological polar surface area (TPSA) is 95.5 Å². The summed E-state index contributed by atoms with van der Waals surface area (Å²) in [6.07, 6.45) is -0.0939. The van der Waals surface area contributed by atoms with Crippen LogP contribution in [-0.2, 0) is 9.59 Å². The van der Waals surface area contributed by atoms with Crippen molar-refractivity contribution in [1.29, 1.82) is 0 Å². The number of hydrogen-bond acceptors (Lipinski definition) is 4. The first kappa shape index (κ1) is 15.2. The van der Waals surface area contributed by atoms with Crippen LogP contribution in [0.4, 0.5) is 0 Å². The van der Waals surface area contributed by atoms with Gasteiger partial charge in [0.15, 0.2) is 0 Å². The average Bonchev–Trinajstić information content (AvgIpc) is 2.76. The number of carbonyl (C=O) groups is 3. The summed E-state index contributed by atoms with van der Waals surface area (Å²) in [6.45, 7) is 3.36. The number of aliphatic carboxylic acids is 1. The zero-order chi connectivity index (χ0) is 14.5. The van der Waals surface area contributed by atoms with Crippen LogP contribution in [0.2, 0.25) is 0 Å². The molecule has 0 aliphatic rings. The largest absolute Gasteiger partial charge is 0.481 e. The number of nitrogens with one attached hydrogen (secondary N) is 2. The normalized spacial score (nSPS) is 10.8. The smallest absolute Gasteiger partial charge is 0.303 e. The van der Waals surface area contributed by atoms with E-state index >= 15 is 0 Å². The van der Waals surface area contributed by atoms with Crippen LogP contribution in [0.15, 0.2) is 17.5 Å². The molecule has 104 valence electrons. The summed E-state index contributed by atoms with van der Waals surface area (Å²) in [5, 5.41) is 10.5. The monoisotopic (exact) mass is 284 g/mol.